The maximum atomic E-state index is 15.0. The summed E-state index contributed by atoms with van der Waals surface area (Å²) in [6, 6.07) is 8.49. The number of aryl methyl sites for hydroxylation is 1. The molecule has 0 N–H and O–H groups in total. The molecule has 0 aliphatic carbocycles. The second kappa shape index (κ2) is 9.57. The van der Waals surface area contributed by atoms with E-state index in [1.165, 1.54) is 4.90 Å². The average molecular weight is 492 g/mol. The normalized spacial score (nSPS) is 19.3. The lowest BCUT2D eigenvalue weighted by molar-refractivity contribution is -0.0805. The Morgan fingerprint density at radius 2 is 1.97 bits per heavy atom. The Hall–Kier alpha value is -2.12. The number of halogens is 3. The highest BCUT2D eigenvalue weighted by Crippen LogP contribution is 2.40. The first-order valence-electron chi connectivity index (χ1n) is 10.3. The average Bonchev–Trinajstić information content (AvgIpc) is 2.70. The molecule has 1 aliphatic heterocycles. The lowest BCUT2D eigenvalue weighted by Gasteiger charge is -2.38. The molecule has 2 aromatic rings. The highest BCUT2D eigenvalue weighted by atomic mass is 79.9. The molecule has 0 radical (unpaired) electrons. The zero-order valence-electron chi connectivity index (χ0n) is 18.3. The van der Waals surface area contributed by atoms with Crippen molar-refractivity contribution in [2.45, 2.75) is 32.1 Å². The minimum absolute atomic E-state index is 0.133. The van der Waals surface area contributed by atoms with Gasteiger partial charge in [-0.3, -0.25) is 14.7 Å². The zero-order chi connectivity index (χ0) is 22.8. The number of likely N-dealkylation sites (tertiary alicyclic amines) is 1. The van der Waals surface area contributed by atoms with Gasteiger partial charge in [-0.15, -0.1) is 0 Å². The molecule has 3 rings (SSSR count). The second-order valence-corrected chi connectivity index (χ2v) is 9.27. The molecule has 1 amide bonds. The van der Waals surface area contributed by atoms with E-state index in [4.69, 9.17) is 0 Å². The van der Waals surface area contributed by atoms with Crippen LogP contribution >= 0.6 is 15.9 Å². The van der Waals surface area contributed by atoms with E-state index in [1.54, 1.807) is 44.6 Å². The summed E-state index contributed by atoms with van der Waals surface area (Å²) in [6.07, 6.45) is 4.12. The molecule has 1 atom stereocenters. The predicted molar refractivity (Wildman–Crippen MR) is 124 cm³/mol. The van der Waals surface area contributed by atoms with Crippen molar-refractivity contribution in [2.75, 3.05) is 33.7 Å². The van der Waals surface area contributed by atoms with E-state index in [-0.39, 0.29) is 12.5 Å². The Balaban J connectivity index is 1.69. The number of piperidine rings is 1. The second-order valence-electron chi connectivity index (χ2n) is 8.42. The van der Waals surface area contributed by atoms with Crippen LogP contribution in [-0.4, -0.2) is 60.3 Å². The number of amides is 1. The van der Waals surface area contributed by atoms with E-state index in [2.05, 4.69) is 20.9 Å². The van der Waals surface area contributed by atoms with Crippen molar-refractivity contribution in [3.05, 3.63) is 69.0 Å². The van der Waals surface area contributed by atoms with Gasteiger partial charge in [-0.05, 0) is 50.6 Å². The maximum Gasteiger partial charge on any atom is 0.267 e. The molecule has 0 spiro atoms. The number of aromatic nitrogens is 1. The molecule has 31 heavy (non-hydrogen) atoms. The first kappa shape index (κ1) is 23.5. The molecule has 0 bridgehead atoms. The fraction of sp³-hybridized carbons (Fsp3) is 0.417. The van der Waals surface area contributed by atoms with Gasteiger partial charge in [0.2, 0.25) is 0 Å². The SMILES string of the molecule is C/C(=C\c1c(Br)ccnc1C)CN1CCC(c2ccc(C(=O)N(C)C)cc2)C(F)(F)C1. The number of hydrogen-bond donors (Lipinski definition) is 0. The van der Waals surface area contributed by atoms with Gasteiger partial charge in [0.15, 0.2) is 0 Å². The molecule has 0 saturated carbocycles. The summed E-state index contributed by atoms with van der Waals surface area (Å²) in [5.74, 6) is -3.81. The van der Waals surface area contributed by atoms with Crippen LogP contribution in [-0.2, 0) is 0 Å². The van der Waals surface area contributed by atoms with Gasteiger partial charge in [-0.1, -0.05) is 39.7 Å². The molecule has 2 heterocycles. The molecule has 4 nitrogen and oxygen atoms in total. The quantitative estimate of drug-likeness (QED) is 0.562. The van der Waals surface area contributed by atoms with Gasteiger partial charge < -0.3 is 4.90 Å². The summed E-state index contributed by atoms with van der Waals surface area (Å²) in [4.78, 5) is 19.6. The molecular weight excluding hydrogens is 464 g/mol. The van der Waals surface area contributed by atoms with Crippen molar-refractivity contribution in [2.24, 2.45) is 0 Å². The molecule has 1 unspecified atom stereocenters. The van der Waals surface area contributed by atoms with Crippen molar-refractivity contribution < 1.29 is 13.6 Å². The van der Waals surface area contributed by atoms with Crippen molar-refractivity contribution in [1.82, 2.24) is 14.8 Å². The van der Waals surface area contributed by atoms with Crippen molar-refractivity contribution in [3.63, 3.8) is 0 Å². The van der Waals surface area contributed by atoms with Crippen LogP contribution in [0.2, 0.25) is 0 Å². The summed E-state index contributed by atoms with van der Waals surface area (Å²) < 4.78 is 31.0. The maximum absolute atomic E-state index is 15.0. The number of nitrogens with zero attached hydrogens (tertiary/aromatic N) is 3. The van der Waals surface area contributed by atoms with E-state index in [9.17, 15) is 4.79 Å². The molecule has 166 valence electrons. The van der Waals surface area contributed by atoms with Gasteiger partial charge >= 0.3 is 0 Å². The fourth-order valence-corrected chi connectivity index (χ4v) is 4.56. The largest absolute Gasteiger partial charge is 0.345 e. The van der Waals surface area contributed by atoms with E-state index < -0.39 is 11.8 Å². The predicted octanol–water partition coefficient (Wildman–Crippen LogP) is 5.38. The minimum Gasteiger partial charge on any atom is -0.345 e. The smallest absolute Gasteiger partial charge is 0.267 e. The zero-order valence-corrected chi connectivity index (χ0v) is 19.9. The molecule has 1 aromatic carbocycles. The number of carbonyl (C=O) groups is 1. The topological polar surface area (TPSA) is 36.4 Å². The molecular formula is C24H28BrF2N3O. The monoisotopic (exact) mass is 491 g/mol. The van der Waals surface area contributed by atoms with Crippen LogP contribution in [0, 0.1) is 6.92 Å². The lowest BCUT2D eigenvalue weighted by Crippen LogP contribution is -2.47. The van der Waals surface area contributed by atoms with E-state index in [0.717, 1.165) is 21.3 Å². The minimum atomic E-state index is -2.84. The summed E-state index contributed by atoms with van der Waals surface area (Å²) in [6.45, 7) is 4.69. The highest BCUT2D eigenvalue weighted by molar-refractivity contribution is 9.10. The standard InChI is InChI=1S/C24H28BrF2N3O/c1-16(13-20-17(2)28-11-9-22(20)25)14-30-12-10-21(24(26,27)15-30)18-5-7-19(8-6-18)23(31)29(3)4/h5-9,11,13,21H,10,12,14-15H2,1-4H3/b16-13+. The number of carbonyl (C=O) groups excluding carboxylic acids is 1. The van der Waals surface area contributed by atoms with E-state index in [1.807, 2.05) is 30.9 Å². The summed E-state index contributed by atoms with van der Waals surface area (Å²) in [5, 5.41) is 0. The van der Waals surface area contributed by atoms with Crippen molar-refractivity contribution in [1.29, 1.82) is 0 Å². The van der Waals surface area contributed by atoms with Crippen LogP contribution in [0.1, 0.15) is 46.4 Å². The van der Waals surface area contributed by atoms with Gasteiger partial charge in [-0.2, -0.15) is 0 Å². The summed E-state index contributed by atoms with van der Waals surface area (Å²) in [7, 11) is 3.34. The molecule has 7 heteroatoms. The Kier molecular flexibility index (Phi) is 7.27. The molecule has 1 aromatic heterocycles. The molecule has 1 saturated heterocycles. The first-order chi connectivity index (χ1) is 14.6. The number of alkyl halides is 2. The third-order valence-corrected chi connectivity index (χ3v) is 6.34. The number of hydrogen-bond acceptors (Lipinski definition) is 3. The Labute approximate surface area is 191 Å². The van der Waals surface area contributed by atoms with Crippen LogP contribution in [0.5, 0.6) is 0 Å². The van der Waals surface area contributed by atoms with Crippen LogP contribution in [0.4, 0.5) is 8.78 Å². The lowest BCUT2D eigenvalue weighted by atomic mass is 9.85. The number of benzene rings is 1. The van der Waals surface area contributed by atoms with Crippen LogP contribution in [0.15, 0.2) is 46.6 Å². The summed E-state index contributed by atoms with van der Waals surface area (Å²) >= 11 is 3.53. The summed E-state index contributed by atoms with van der Waals surface area (Å²) in [5.41, 5.74) is 3.98. The third-order valence-electron chi connectivity index (χ3n) is 5.64. The van der Waals surface area contributed by atoms with Crippen LogP contribution in [0.25, 0.3) is 6.08 Å². The van der Waals surface area contributed by atoms with Crippen LogP contribution < -0.4 is 0 Å². The van der Waals surface area contributed by atoms with Crippen LogP contribution in [0.3, 0.4) is 0 Å². The van der Waals surface area contributed by atoms with Crippen molar-refractivity contribution >= 4 is 27.9 Å². The van der Waals surface area contributed by atoms with Gasteiger partial charge in [0, 0.05) is 48.1 Å². The van der Waals surface area contributed by atoms with Gasteiger partial charge in [0.25, 0.3) is 11.8 Å². The molecule has 1 aliphatic rings. The number of rotatable bonds is 5. The van der Waals surface area contributed by atoms with E-state index in [0.29, 0.717) is 30.6 Å². The Bertz CT molecular complexity index is 953. The fourth-order valence-electron chi connectivity index (χ4n) is 4.04. The highest BCUT2D eigenvalue weighted by Gasteiger charge is 2.45. The molecule has 1 fully saturated rings. The number of pyridine rings is 1. The first-order valence-corrected chi connectivity index (χ1v) is 11.1. The van der Waals surface area contributed by atoms with Gasteiger partial charge in [0.1, 0.15) is 0 Å². The van der Waals surface area contributed by atoms with Crippen molar-refractivity contribution in [3.8, 4) is 0 Å². The van der Waals surface area contributed by atoms with Gasteiger partial charge in [0.05, 0.1) is 12.5 Å². The Morgan fingerprint density at radius 1 is 1.29 bits per heavy atom. The third kappa shape index (κ3) is 5.57. The Morgan fingerprint density at radius 3 is 2.55 bits per heavy atom. The van der Waals surface area contributed by atoms with Gasteiger partial charge in [-0.25, -0.2) is 8.78 Å². The van der Waals surface area contributed by atoms with E-state index >= 15 is 8.78 Å².